The summed E-state index contributed by atoms with van der Waals surface area (Å²) >= 11 is 0. The number of benzene rings is 3. The number of ketones is 3. The molecule has 19 heteroatoms. The summed E-state index contributed by atoms with van der Waals surface area (Å²) in [6, 6.07) is 12.0. The number of aromatic hydroxyl groups is 1. The highest BCUT2D eigenvalue weighted by molar-refractivity contribution is 5.97. The van der Waals surface area contributed by atoms with Gasteiger partial charge in [-0.1, -0.05) is 62.4 Å². The van der Waals surface area contributed by atoms with E-state index in [1.807, 2.05) is 68.6 Å². The number of carboxylic acid groups (broad SMARTS) is 1. The highest BCUT2D eigenvalue weighted by Crippen LogP contribution is 2.29. The standard InChI is InChI=1S/C54H67N9O10/c1-31(2)23-46-51(70)43(59-45(32(3)65)26-35-28-57-42-12-7-5-10-39(35)42)18-20-47(52(71)44(19-21-50(68)69)61-53(72)40(55)25-34-27-56-41-11-6-4-9-38(34)41)62-22-8-13-48(62)54(73)63(58-29-49(67)60-46)36(30-64)24-33-14-16-37(66)17-15-33/h4-7,9-12,14-17,27-28,30-31,36,40,43-48,56-59,66H,8,13,18-26,29,55H2,1-3H3,(H,60,67)(H,61,72)(H,68,69)/t36-,40-,43?,44-,45-,46-,47?,48-/m0/s1. The highest BCUT2D eigenvalue weighted by atomic mass is 16.4. The van der Waals surface area contributed by atoms with E-state index in [-0.39, 0.29) is 75.4 Å². The molecule has 3 amide bonds. The molecule has 4 heterocycles. The van der Waals surface area contributed by atoms with E-state index >= 15 is 14.4 Å². The Kier molecular flexibility index (Phi) is 18.1. The molecular formula is C54H67N9O10. The van der Waals surface area contributed by atoms with Crippen LogP contribution in [-0.2, 0) is 57.6 Å². The number of aromatic nitrogens is 2. The molecule has 2 fully saturated rings. The fraction of sp³-hybridized carbons (Fsp3) is 0.444. The molecule has 2 aromatic heterocycles. The smallest absolute Gasteiger partial charge is 0.303 e. The minimum Gasteiger partial charge on any atom is -0.508 e. The number of aromatic amines is 2. The fourth-order valence-electron chi connectivity index (χ4n) is 10.3. The van der Waals surface area contributed by atoms with Crippen LogP contribution in [0.5, 0.6) is 5.75 Å². The van der Waals surface area contributed by atoms with Crippen molar-refractivity contribution in [3.05, 3.63) is 102 Å². The Morgan fingerprint density at radius 1 is 0.849 bits per heavy atom. The zero-order valence-corrected chi connectivity index (χ0v) is 41.5. The molecule has 7 rings (SSSR count). The van der Waals surface area contributed by atoms with Crippen molar-refractivity contribution in [2.75, 3.05) is 13.1 Å². The molecule has 0 radical (unpaired) electrons. The minimum absolute atomic E-state index is 0.00368. The van der Waals surface area contributed by atoms with Crippen molar-refractivity contribution in [1.82, 2.24) is 41.3 Å². The number of aldehydes is 1. The number of hydrogen-bond acceptors (Lipinski definition) is 13. The summed E-state index contributed by atoms with van der Waals surface area (Å²) in [5.41, 5.74) is 13.3. The third-order valence-electron chi connectivity index (χ3n) is 14.0. The average Bonchev–Trinajstić information content (AvgIpc) is 4.13. The number of H-pyrrole nitrogens is 2. The number of nitrogens with one attached hydrogen (secondary N) is 6. The molecule has 2 unspecified atom stereocenters. The highest BCUT2D eigenvalue weighted by Gasteiger charge is 2.45. The summed E-state index contributed by atoms with van der Waals surface area (Å²) in [7, 11) is 0. The predicted molar refractivity (Wildman–Crippen MR) is 273 cm³/mol. The first-order valence-electron chi connectivity index (χ1n) is 25.1. The SMILES string of the molecule is CC(=O)[C@H](Cc1c[nH]c2ccccc12)NC1CCC(C(=O)[C@H](CCC(=O)O)NC(=O)[C@@H](N)Cc2c[nH]c3ccccc23)N2CCC[C@H]2C(=O)N([C@H](C=O)Cc2ccc(O)cc2)NCC(=O)N[C@@H](CC(C)C)C1=O. The van der Waals surface area contributed by atoms with Crippen LogP contribution in [0.4, 0.5) is 0 Å². The van der Waals surface area contributed by atoms with Crippen LogP contribution in [0.25, 0.3) is 21.8 Å². The van der Waals surface area contributed by atoms with Crippen molar-refractivity contribution in [1.29, 1.82) is 0 Å². The lowest BCUT2D eigenvalue weighted by Crippen LogP contribution is -2.62. The molecule has 2 aliphatic heterocycles. The Bertz CT molecular complexity index is 2790. The van der Waals surface area contributed by atoms with Crippen LogP contribution in [0, 0.1) is 5.92 Å². The van der Waals surface area contributed by atoms with Crippen LogP contribution in [-0.4, -0.2) is 139 Å². The van der Waals surface area contributed by atoms with Gasteiger partial charge in [0.15, 0.2) is 11.6 Å². The normalized spacial score (nSPS) is 21.0. The number of carbonyl (C=O) groups excluding carboxylic acids is 7. The van der Waals surface area contributed by atoms with Crippen molar-refractivity contribution < 1.29 is 48.6 Å². The van der Waals surface area contributed by atoms with Crippen molar-refractivity contribution in [2.45, 2.75) is 133 Å². The molecule has 73 heavy (non-hydrogen) atoms. The number of carboxylic acids is 1. The van der Waals surface area contributed by atoms with Crippen LogP contribution in [0.3, 0.4) is 0 Å². The monoisotopic (exact) mass is 1000 g/mol. The summed E-state index contributed by atoms with van der Waals surface area (Å²) in [5, 5.41) is 31.7. The number of phenolic OH excluding ortho intramolecular Hbond substituents is 1. The number of Topliss-reactive ketones (excluding diaryl/α,β-unsaturated/α-hetero) is 3. The van der Waals surface area contributed by atoms with E-state index in [2.05, 4.69) is 31.3 Å². The fourth-order valence-corrected chi connectivity index (χ4v) is 10.3. The third kappa shape index (κ3) is 13.5. The van der Waals surface area contributed by atoms with Gasteiger partial charge in [-0.25, -0.2) is 5.43 Å². The first-order valence-corrected chi connectivity index (χ1v) is 25.1. The number of carbonyl (C=O) groups is 8. The number of aliphatic carboxylic acids is 1. The predicted octanol–water partition coefficient (Wildman–Crippen LogP) is 3.17. The van der Waals surface area contributed by atoms with Gasteiger partial charge in [-0.2, -0.15) is 0 Å². The second-order valence-electron chi connectivity index (χ2n) is 19.8. The minimum atomic E-state index is -1.41. The number of nitrogens with zero attached hydrogens (tertiary/aromatic N) is 2. The molecule has 0 spiro atoms. The molecule has 0 bridgehead atoms. The molecule has 388 valence electrons. The summed E-state index contributed by atoms with van der Waals surface area (Å²) in [6.45, 7) is 4.85. The van der Waals surface area contributed by atoms with Crippen LogP contribution >= 0.6 is 0 Å². The lowest BCUT2D eigenvalue weighted by Gasteiger charge is -2.38. The van der Waals surface area contributed by atoms with Gasteiger partial charge < -0.3 is 41.3 Å². The van der Waals surface area contributed by atoms with Crippen LogP contribution in [0.2, 0.25) is 0 Å². The van der Waals surface area contributed by atoms with Gasteiger partial charge in [0.25, 0.3) is 5.91 Å². The number of hydrogen-bond donors (Lipinski definition) is 9. The number of rotatable bonds is 20. The molecule has 0 aliphatic carbocycles. The zero-order valence-electron chi connectivity index (χ0n) is 41.5. The number of phenols is 1. The number of amides is 3. The molecule has 19 nitrogen and oxygen atoms in total. The summed E-state index contributed by atoms with van der Waals surface area (Å²) < 4.78 is 0. The maximum absolute atomic E-state index is 15.5. The van der Waals surface area contributed by atoms with Gasteiger partial charge in [-0.3, -0.25) is 48.8 Å². The van der Waals surface area contributed by atoms with E-state index in [4.69, 9.17) is 5.73 Å². The Morgan fingerprint density at radius 3 is 2.11 bits per heavy atom. The second-order valence-corrected chi connectivity index (χ2v) is 19.8. The van der Waals surface area contributed by atoms with Crippen molar-refractivity contribution in [2.24, 2.45) is 11.7 Å². The van der Waals surface area contributed by atoms with Gasteiger partial charge >= 0.3 is 5.97 Å². The Morgan fingerprint density at radius 2 is 1.49 bits per heavy atom. The first-order chi connectivity index (χ1) is 35.0. The largest absolute Gasteiger partial charge is 0.508 e. The molecular weight excluding hydrogens is 935 g/mol. The lowest BCUT2D eigenvalue weighted by molar-refractivity contribution is -0.147. The van der Waals surface area contributed by atoms with Gasteiger partial charge in [0.05, 0.1) is 48.8 Å². The molecule has 0 saturated carbocycles. The number of fused-ring (bicyclic) bond motifs is 3. The van der Waals surface area contributed by atoms with Gasteiger partial charge in [-0.15, -0.1) is 0 Å². The van der Waals surface area contributed by atoms with Gasteiger partial charge in [-0.05, 0) is 112 Å². The summed E-state index contributed by atoms with van der Waals surface area (Å²) in [4.78, 5) is 121. The number of para-hydroxylation sites is 2. The van der Waals surface area contributed by atoms with Crippen LogP contribution < -0.4 is 27.1 Å². The van der Waals surface area contributed by atoms with Gasteiger partial charge in [0.1, 0.15) is 23.9 Å². The van der Waals surface area contributed by atoms with E-state index in [1.54, 1.807) is 23.2 Å². The first kappa shape index (κ1) is 53.7. The van der Waals surface area contributed by atoms with Gasteiger partial charge in [0, 0.05) is 47.0 Å². The molecule has 5 aromatic rings. The van der Waals surface area contributed by atoms with Crippen molar-refractivity contribution in [3.63, 3.8) is 0 Å². The van der Waals surface area contributed by atoms with Crippen molar-refractivity contribution in [3.8, 4) is 5.75 Å². The van der Waals surface area contributed by atoms with E-state index < -0.39 is 96.6 Å². The maximum atomic E-state index is 15.5. The molecule has 3 aromatic carbocycles. The lowest BCUT2D eigenvalue weighted by atomic mass is 9.88. The Balaban J connectivity index is 1.27. The summed E-state index contributed by atoms with van der Waals surface area (Å²) in [6.07, 6.45) is 4.18. The van der Waals surface area contributed by atoms with E-state index in [9.17, 15) is 34.2 Å². The number of nitrogens with two attached hydrogens (primary N) is 1. The molecule has 2 saturated heterocycles. The topological polar surface area (TPSA) is 289 Å². The molecule has 10 N–H and O–H groups in total. The number of hydrazine groups is 1. The second kappa shape index (κ2) is 24.6. The zero-order chi connectivity index (χ0) is 52.3. The quantitative estimate of drug-likeness (QED) is 0.0507. The van der Waals surface area contributed by atoms with Crippen LogP contribution in [0.1, 0.15) is 82.4 Å². The maximum Gasteiger partial charge on any atom is 0.303 e. The van der Waals surface area contributed by atoms with Gasteiger partial charge in [0.2, 0.25) is 11.8 Å². The average molecular weight is 1000 g/mol. The Labute approximate surface area is 423 Å². The van der Waals surface area contributed by atoms with E-state index in [0.717, 1.165) is 37.9 Å². The van der Waals surface area contributed by atoms with Crippen molar-refractivity contribution >= 4 is 69.1 Å². The van der Waals surface area contributed by atoms with E-state index in [0.29, 0.717) is 18.3 Å². The Hall–Kier alpha value is -7.06. The van der Waals surface area contributed by atoms with E-state index in [1.165, 1.54) is 19.1 Å². The van der Waals surface area contributed by atoms with Crippen LogP contribution in [0.15, 0.2) is 85.2 Å². The molecule has 2 aliphatic rings. The summed E-state index contributed by atoms with van der Waals surface area (Å²) in [5.74, 6) is -4.62. The molecule has 8 atom stereocenters. The third-order valence-corrected chi connectivity index (χ3v) is 14.0.